The Balaban J connectivity index is 1.68. The zero-order valence-corrected chi connectivity index (χ0v) is 16.3. The highest BCUT2D eigenvalue weighted by atomic mass is 79.9. The molecule has 2 N–H and O–H groups in total. The second kappa shape index (κ2) is 8.66. The first-order valence-electron chi connectivity index (χ1n) is 8.68. The molecule has 6 heteroatoms. The van der Waals surface area contributed by atoms with Gasteiger partial charge in [0.25, 0.3) is 0 Å². The molecule has 5 nitrogen and oxygen atoms in total. The number of anilines is 1. The van der Waals surface area contributed by atoms with Crippen molar-refractivity contribution in [2.75, 3.05) is 18.4 Å². The van der Waals surface area contributed by atoms with Gasteiger partial charge in [-0.15, -0.1) is 0 Å². The molecule has 26 heavy (non-hydrogen) atoms. The van der Waals surface area contributed by atoms with Crippen LogP contribution < -0.4 is 10.1 Å². The average Bonchev–Trinajstić information content (AvgIpc) is 2.99. The van der Waals surface area contributed by atoms with Crippen LogP contribution in [0.4, 0.5) is 5.69 Å². The standard InChI is InChI=1S/C20H23BrN2O3/c1-14(24)22-18-4-2-3-15(9-18)13-26-20-6-5-17(21)10-16(20)11-23-8-7-19(25)12-23/h2-6,9-10,19,25H,7-8,11-13H2,1H3,(H,22,24)/t19-/m0/s1. The summed E-state index contributed by atoms with van der Waals surface area (Å²) in [5.41, 5.74) is 2.84. The van der Waals surface area contributed by atoms with Crippen LogP contribution >= 0.6 is 15.9 Å². The van der Waals surface area contributed by atoms with E-state index in [1.54, 1.807) is 0 Å². The third kappa shape index (κ3) is 5.30. The van der Waals surface area contributed by atoms with Crippen molar-refractivity contribution in [2.24, 2.45) is 0 Å². The van der Waals surface area contributed by atoms with Gasteiger partial charge >= 0.3 is 0 Å². The number of rotatable bonds is 6. The van der Waals surface area contributed by atoms with E-state index in [0.29, 0.717) is 13.2 Å². The molecule has 0 bridgehead atoms. The summed E-state index contributed by atoms with van der Waals surface area (Å²) < 4.78 is 7.06. The Bertz CT molecular complexity index is 781. The van der Waals surface area contributed by atoms with Gasteiger partial charge in [-0.1, -0.05) is 28.1 Å². The van der Waals surface area contributed by atoms with Crippen LogP contribution in [0.25, 0.3) is 0 Å². The molecule has 1 fully saturated rings. The van der Waals surface area contributed by atoms with Crippen molar-refractivity contribution in [2.45, 2.75) is 32.6 Å². The predicted molar refractivity (Wildman–Crippen MR) is 105 cm³/mol. The van der Waals surface area contributed by atoms with Crippen LogP contribution in [0.15, 0.2) is 46.9 Å². The zero-order valence-electron chi connectivity index (χ0n) is 14.7. The highest BCUT2D eigenvalue weighted by Gasteiger charge is 2.21. The maximum Gasteiger partial charge on any atom is 0.221 e. The topological polar surface area (TPSA) is 61.8 Å². The number of β-amino-alcohol motifs (C(OH)–C–C–N with tert-alkyl or cyclic N) is 1. The Morgan fingerprint density at radius 2 is 2.19 bits per heavy atom. The van der Waals surface area contributed by atoms with Gasteiger partial charge in [-0.3, -0.25) is 9.69 Å². The normalized spacial score (nSPS) is 17.3. The molecule has 0 radical (unpaired) electrons. The Kier molecular flexibility index (Phi) is 6.29. The van der Waals surface area contributed by atoms with Crippen molar-refractivity contribution in [3.05, 3.63) is 58.1 Å². The van der Waals surface area contributed by atoms with Crippen molar-refractivity contribution in [1.29, 1.82) is 0 Å². The van der Waals surface area contributed by atoms with E-state index in [0.717, 1.165) is 46.5 Å². The third-order valence-electron chi connectivity index (χ3n) is 4.31. The summed E-state index contributed by atoms with van der Waals surface area (Å²) in [4.78, 5) is 13.4. The highest BCUT2D eigenvalue weighted by molar-refractivity contribution is 9.10. The molecular formula is C20H23BrN2O3. The average molecular weight is 419 g/mol. The molecule has 0 aromatic heterocycles. The van der Waals surface area contributed by atoms with Crippen LogP contribution in [0.3, 0.4) is 0 Å². The molecule has 0 spiro atoms. The van der Waals surface area contributed by atoms with Gasteiger partial charge in [0.05, 0.1) is 6.10 Å². The first kappa shape index (κ1) is 18.9. The van der Waals surface area contributed by atoms with Crippen molar-refractivity contribution >= 4 is 27.5 Å². The Hall–Kier alpha value is -1.89. The largest absolute Gasteiger partial charge is 0.489 e. The van der Waals surface area contributed by atoms with E-state index in [1.807, 2.05) is 36.4 Å². The van der Waals surface area contributed by atoms with E-state index in [-0.39, 0.29) is 12.0 Å². The molecular weight excluding hydrogens is 396 g/mol. The van der Waals surface area contributed by atoms with E-state index in [2.05, 4.69) is 32.2 Å². The Morgan fingerprint density at radius 3 is 2.92 bits per heavy atom. The highest BCUT2D eigenvalue weighted by Crippen LogP contribution is 2.27. The number of carbonyl (C=O) groups excluding carboxylic acids is 1. The number of halogens is 1. The summed E-state index contributed by atoms with van der Waals surface area (Å²) in [6.07, 6.45) is 0.586. The molecule has 1 aliphatic rings. The van der Waals surface area contributed by atoms with E-state index in [9.17, 15) is 9.90 Å². The smallest absolute Gasteiger partial charge is 0.221 e. The lowest BCUT2D eigenvalue weighted by atomic mass is 10.2. The number of aliphatic hydroxyl groups excluding tert-OH is 1. The second-order valence-electron chi connectivity index (χ2n) is 6.60. The number of ether oxygens (including phenoxy) is 1. The van der Waals surface area contributed by atoms with Gasteiger partial charge in [0.15, 0.2) is 0 Å². The molecule has 3 rings (SSSR count). The molecule has 1 saturated heterocycles. The molecule has 1 atom stereocenters. The summed E-state index contributed by atoms with van der Waals surface area (Å²) in [7, 11) is 0. The number of hydrogen-bond acceptors (Lipinski definition) is 4. The SMILES string of the molecule is CC(=O)Nc1cccc(COc2ccc(Br)cc2CN2CC[C@H](O)C2)c1. The number of aliphatic hydroxyl groups is 1. The molecule has 1 aliphatic heterocycles. The second-order valence-corrected chi connectivity index (χ2v) is 7.52. The van der Waals surface area contributed by atoms with E-state index in [4.69, 9.17) is 4.74 Å². The minimum Gasteiger partial charge on any atom is -0.489 e. The van der Waals surface area contributed by atoms with E-state index in [1.165, 1.54) is 6.92 Å². The number of nitrogens with one attached hydrogen (secondary N) is 1. The van der Waals surface area contributed by atoms with Crippen LogP contribution in [0.1, 0.15) is 24.5 Å². The summed E-state index contributed by atoms with van der Waals surface area (Å²) in [6, 6.07) is 13.6. The number of benzene rings is 2. The van der Waals surface area contributed by atoms with Gasteiger partial charge in [-0.05, 0) is 42.3 Å². The number of likely N-dealkylation sites (tertiary alicyclic amines) is 1. The molecule has 2 aromatic carbocycles. The van der Waals surface area contributed by atoms with Gasteiger partial charge in [-0.25, -0.2) is 0 Å². The number of carbonyl (C=O) groups is 1. The van der Waals surface area contributed by atoms with Crippen molar-refractivity contribution in [3.8, 4) is 5.75 Å². The van der Waals surface area contributed by atoms with Crippen LogP contribution in [-0.4, -0.2) is 35.1 Å². The fraction of sp³-hybridized carbons (Fsp3) is 0.350. The van der Waals surface area contributed by atoms with Crippen LogP contribution in [0.5, 0.6) is 5.75 Å². The van der Waals surface area contributed by atoms with E-state index >= 15 is 0 Å². The Labute approximate surface area is 162 Å². The van der Waals surface area contributed by atoms with Gasteiger partial charge in [0.1, 0.15) is 12.4 Å². The fourth-order valence-corrected chi connectivity index (χ4v) is 3.52. The summed E-state index contributed by atoms with van der Waals surface area (Å²) in [5, 5.41) is 12.5. The third-order valence-corrected chi connectivity index (χ3v) is 4.80. The molecule has 138 valence electrons. The predicted octanol–water partition coefficient (Wildman–Crippen LogP) is 3.55. The van der Waals surface area contributed by atoms with Crippen LogP contribution in [0.2, 0.25) is 0 Å². The molecule has 1 heterocycles. The van der Waals surface area contributed by atoms with Gasteiger partial charge in [0.2, 0.25) is 5.91 Å². The summed E-state index contributed by atoms with van der Waals surface area (Å²) in [6.45, 7) is 4.26. The summed E-state index contributed by atoms with van der Waals surface area (Å²) >= 11 is 3.52. The van der Waals surface area contributed by atoms with Crippen LogP contribution in [0, 0.1) is 0 Å². The minimum absolute atomic E-state index is 0.0916. The first-order valence-corrected chi connectivity index (χ1v) is 9.47. The van der Waals surface area contributed by atoms with E-state index < -0.39 is 0 Å². The molecule has 0 aliphatic carbocycles. The number of amides is 1. The minimum atomic E-state index is -0.233. The van der Waals surface area contributed by atoms with Crippen molar-refractivity contribution < 1.29 is 14.6 Å². The lowest BCUT2D eigenvalue weighted by Crippen LogP contribution is -2.21. The molecule has 1 amide bonds. The number of nitrogens with zero attached hydrogens (tertiary/aromatic N) is 1. The lowest BCUT2D eigenvalue weighted by Gasteiger charge is -2.18. The first-order chi connectivity index (χ1) is 12.5. The Morgan fingerprint density at radius 1 is 1.35 bits per heavy atom. The molecule has 0 unspecified atom stereocenters. The van der Waals surface area contributed by atoms with Gasteiger partial charge in [0, 0.05) is 42.3 Å². The fourth-order valence-electron chi connectivity index (χ4n) is 3.11. The molecule has 2 aromatic rings. The van der Waals surface area contributed by atoms with Gasteiger partial charge < -0.3 is 15.2 Å². The molecule has 0 saturated carbocycles. The number of hydrogen-bond donors (Lipinski definition) is 2. The quantitative estimate of drug-likeness (QED) is 0.752. The van der Waals surface area contributed by atoms with Crippen molar-refractivity contribution in [1.82, 2.24) is 4.90 Å². The van der Waals surface area contributed by atoms with Crippen molar-refractivity contribution in [3.63, 3.8) is 0 Å². The van der Waals surface area contributed by atoms with Crippen LogP contribution in [-0.2, 0) is 17.9 Å². The maximum atomic E-state index is 11.2. The monoisotopic (exact) mass is 418 g/mol. The summed E-state index contributed by atoms with van der Waals surface area (Å²) in [5.74, 6) is 0.741. The van der Waals surface area contributed by atoms with Gasteiger partial charge in [-0.2, -0.15) is 0 Å². The maximum absolute atomic E-state index is 11.2. The lowest BCUT2D eigenvalue weighted by molar-refractivity contribution is -0.114. The zero-order chi connectivity index (χ0) is 18.5.